The molecule has 0 spiro atoms. The Balaban J connectivity index is 2.65. The fourth-order valence-electron chi connectivity index (χ4n) is 1.36. The van der Waals surface area contributed by atoms with Crippen LogP contribution in [0.2, 0.25) is 0 Å². The van der Waals surface area contributed by atoms with Crippen molar-refractivity contribution in [2.75, 3.05) is 13.2 Å². The van der Waals surface area contributed by atoms with Gasteiger partial charge in [0.25, 0.3) is 5.91 Å². The number of amides is 1. The third-order valence-electron chi connectivity index (χ3n) is 2.21. The molecule has 0 aliphatic carbocycles. The smallest absolute Gasteiger partial charge is 0.330 e. The Kier molecular flexibility index (Phi) is 5.64. The quantitative estimate of drug-likeness (QED) is 0.639. The maximum Gasteiger partial charge on any atom is 0.330 e. The lowest BCUT2D eigenvalue weighted by molar-refractivity contribution is -0.137. The van der Waals surface area contributed by atoms with Gasteiger partial charge in [-0.1, -0.05) is 12.1 Å². The zero-order chi connectivity index (χ0) is 13.4. The Morgan fingerprint density at radius 2 is 1.89 bits per heavy atom. The second-order valence-electron chi connectivity index (χ2n) is 3.57. The summed E-state index contributed by atoms with van der Waals surface area (Å²) in [6.45, 7) is 4.59. The number of rotatable bonds is 5. The van der Waals surface area contributed by atoms with E-state index in [1.807, 2.05) is 6.92 Å². The number of nitrogens with one attached hydrogen (secondary N) is 1. The van der Waals surface area contributed by atoms with Crippen LogP contribution in [-0.2, 0) is 9.53 Å². The van der Waals surface area contributed by atoms with Crippen LogP contribution in [0.25, 0.3) is 6.08 Å². The first kappa shape index (κ1) is 14.0. The molecule has 0 saturated carbocycles. The Labute approximate surface area is 107 Å². The molecule has 1 amide bonds. The summed E-state index contributed by atoms with van der Waals surface area (Å²) in [5, 5.41) is 2.72. The Morgan fingerprint density at radius 1 is 1.22 bits per heavy atom. The van der Waals surface area contributed by atoms with E-state index in [4.69, 9.17) is 4.74 Å². The van der Waals surface area contributed by atoms with Crippen molar-refractivity contribution in [1.82, 2.24) is 5.32 Å². The van der Waals surface area contributed by atoms with Gasteiger partial charge in [-0.25, -0.2) is 4.79 Å². The van der Waals surface area contributed by atoms with Gasteiger partial charge in [-0.2, -0.15) is 0 Å². The molecule has 0 heterocycles. The zero-order valence-electron chi connectivity index (χ0n) is 10.6. The fourth-order valence-corrected chi connectivity index (χ4v) is 1.36. The summed E-state index contributed by atoms with van der Waals surface area (Å²) in [5.74, 6) is -0.469. The first-order chi connectivity index (χ1) is 8.67. The average molecular weight is 247 g/mol. The summed E-state index contributed by atoms with van der Waals surface area (Å²) in [6, 6.07) is 6.99. The van der Waals surface area contributed by atoms with Crippen LogP contribution < -0.4 is 5.32 Å². The van der Waals surface area contributed by atoms with Crippen molar-refractivity contribution in [2.45, 2.75) is 13.8 Å². The van der Waals surface area contributed by atoms with E-state index in [0.29, 0.717) is 18.7 Å². The van der Waals surface area contributed by atoms with Crippen LogP contribution in [0.4, 0.5) is 0 Å². The third kappa shape index (κ3) is 4.41. The minimum atomic E-state index is -0.370. The molecule has 4 nitrogen and oxygen atoms in total. The highest BCUT2D eigenvalue weighted by Gasteiger charge is 2.02. The second kappa shape index (κ2) is 7.27. The van der Waals surface area contributed by atoms with Crippen LogP contribution in [0.5, 0.6) is 0 Å². The number of benzene rings is 1. The molecule has 0 fully saturated rings. The lowest BCUT2D eigenvalue weighted by Crippen LogP contribution is -2.22. The zero-order valence-corrected chi connectivity index (χ0v) is 10.6. The van der Waals surface area contributed by atoms with E-state index in [-0.39, 0.29) is 11.9 Å². The van der Waals surface area contributed by atoms with Crippen molar-refractivity contribution in [2.24, 2.45) is 0 Å². The molecule has 1 rings (SSSR count). The lowest BCUT2D eigenvalue weighted by Gasteiger charge is -2.02. The van der Waals surface area contributed by atoms with Gasteiger partial charge >= 0.3 is 5.97 Å². The van der Waals surface area contributed by atoms with Gasteiger partial charge < -0.3 is 10.1 Å². The van der Waals surface area contributed by atoms with Crippen LogP contribution in [-0.4, -0.2) is 25.0 Å². The molecule has 4 heteroatoms. The van der Waals surface area contributed by atoms with Gasteiger partial charge in [-0.15, -0.1) is 0 Å². The molecule has 18 heavy (non-hydrogen) atoms. The van der Waals surface area contributed by atoms with Gasteiger partial charge in [-0.05, 0) is 37.6 Å². The molecule has 1 aromatic carbocycles. The van der Waals surface area contributed by atoms with Gasteiger partial charge in [0, 0.05) is 18.2 Å². The molecule has 0 aliphatic heterocycles. The Hall–Kier alpha value is -2.10. The largest absolute Gasteiger partial charge is 0.463 e. The van der Waals surface area contributed by atoms with Crippen molar-refractivity contribution < 1.29 is 14.3 Å². The van der Waals surface area contributed by atoms with Crippen molar-refractivity contribution >= 4 is 18.0 Å². The maximum absolute atomic E-state index is 11.5. The molecule has 0 unspecified atom stereocenters. The summed E-state index contributed by atoms with van der Waals surface area (Å²) in [7, 11) is 0. The fraction of sp³-hybridized carbons (Fsp3) is 0.286. The van der Waals surface area contributed by atoms with E-state index in [9.17, 15) is 9.59 Å². The summed E-state index contributed by atoms with van der Waals surface area (Å²) < 4.78 is 4.77. The van der Waals surface area contributed by atoms with Crippen LogP contribution in [0, 0.1) is 0 Å². The highest BCUT2D eigenvalue weighted by molar-refractivity contribution is 5.94. The maximum atomic E-state index is 11.5. The van der Waals surface area contributed by atoms with E-state index < -0.39 is 0 Å². The monoisotopic (exact) mass is 247 g/mol. The lowest BCUT2D eigenvalue weighted by atomic mass is 10.1. The molecular weight excluding hydrogens is 230 g/mol. The van der Waals surface area contributed by atoms with Crippen LogP contribution in [0.3, 0.4) is 0 Å². The highest BCUT2D eigenvalue weighted by atomic mass is 16.5. The number of ether oxygens (including phenoxy) is 1. The highest BCUT2D eigenvalue weighted by Crippen LogP contribution is 2.06. The van der Waals surface area contributed by atoms with E-state index in [1.54, 1.807) is 37.3 Å². The molecule has 0 radical (unpaired) electrons. The van der Waals surface area contributed by atoms with Gasteiger partial charge in [0.2, 0.25) is 0 Å². The number of esters is 1. The molecule has 0 atom stereocenters. The van der Waals surface area contributed by atoms with Gasteiger partial charge in [0.15, 0.2) is 0 Å². The number of carbonyl (C=O) groups excluding carboxylic acids is 2. The molecule has 0 saturated heterocycles. The number of hydrogen-bond donors (Lipinski definition) is 1. The number of carbonyl (C=O) groups is 2. The minimum absolute atomic E-state index is 0.0987. The molecule has 96 valence electrons. The normalized spacial score (nSPS) is 10.3. The topological polar surface area (TPSA) is 55.4 Å². The van der Waals surface area contributed by atoms with Crippen LogP contribution in [0.15, 0.2) is 30.3 Å². The molecular formula is C14H17NO3. The van der Waals surface area contributed by atoms with Gasteiger partial charge in [0.1, 0.15) is 0 Å². The number of hydrogen-bond acceptors (Lipinski definition) is 3. The van der Waals surface area contributed by atoms with Crippen molar-refractivity contribution in [3.8, 4) is 0 Å². The standard InChI is InChI=1S/C14H17NO3/c1-3-15-14(17)12-8-5-11(6-9-12)7-10-13(16)18-4-2/h5-10H,3-4H2,1-2H3,(H,15,17). The van der Waals surface area contributed by atoms with Crippen molar-refractivity contribution in [3.63, 3.8) is 0 Å². The molecule has 0 aromatic heterocycles. The first-order valence-corrected chi connectivity index (χ1v) is 5.90. The first-order valence-electron chi connectivity index (χ1n) is 5.90. The summed E-state index contributed by atoms with van der Waals surface area (Å²) in [5.41, 5.74) is 1.45. The van der Waals surface area contributed by atoms with E-state index in [2.05, 4.69) is 5.32 Å². The van der Waals surface area contributed by atoms with Crippen LogP contribution in [0.1, 0.15) is 29.8 Å². The second-order valence-corrected chi connectivity index (χ2v) is 3.57. The SMILES string of the molecule is CCNC(=O)c1ccc(C=CC(=O)OCC)cc1. The van der Waals surface area contributed by atoms with Gasteiger partial charge in [-0.3, -0.25) is 4.79 Å². The summed E-state index contributed by atoms with van der Waals surface area (Å²) in [4.78, 5) is 22.6. The van der Waals surface area contributed by atoms with E-state index in [0.717, 1.165) is 5.56 Å². The van der Waals surface area contributed by atoms with E-state index >= 15 is 0 Å². The third-order valence-corrected chi connectivity index (χ3v) is 2.21. The molecule has 1 aromatic rings. The Morgan fingerprint density at radius 3 is 2.44 bits per heavy atom. The Bertz CT molecular complexity index is 435. The minimum Gasteiger partial charge on any atom is -0.463 e. The van der Waals surface area contributed by atoms with Crippen molar-refractivity contribution in [1.29, 1.82) is 0 Å². The predicted octanol–water partition coefficient (Wildman–Crippen LogP) is 2.01. The average Bonchev–Trinajstić information content (AvgIpc) is 2.37. The summed E-state index contributed by atoms with van der Waals surface area (Å²) >= 11 is 0. The summed E-state index contributed by atoms with van der Waals surface area (Å²) in [6.07, 6.45) is 3.02. The predicted molar refractivity (Wildman–Crippen MR) is 70.1 cm³/mol. The molecule has 0 aliphatic rings. The van der Waals surface area contributed by atoms with Crippen molar-refractivity contribution in [3.05, 3.63) is 41.5 Å². The molecule has 1 N–H and O–H groups in total. The molecule has 0 bridgehead atoms. The van der Waals surface area contributed by atoms with E-state index in [1.165, 1.54) is 6.08 Å². The van der Waals surface area contributed by atoms with Gasteiger partial charge in [0.05, 0.1) is 6.61 Å². The van der Waals surface area contributed by atoms with Crippen LogP contribution >= 0.6 is 0 Å².